The molecule has 0 radical (unpaired) electrons. The average molecular weight is 404 g/mol. The Morgan fingerprint density at radius 1 is 1.18 bits per heavy atom. The van der Waals surface area contributed by atoms with Gasteiger partial charge >= 0.3 is 5.97 Å². The molecule has 3 heterocycles. The van der Waals surface area contributed by atoms with Crippen LogP contribution in [-0.2, 0) is 28.5 Å². The fourth-order valence-corrected chi connectivity index (χ4v) is 4.47. The highest BCUT2D eigenvalue weighted by molar-refractivity contribution is 5.89. The Morgan fingerprint density at radius 3 is 2.54 bits per heavy atom. The number of ether oxygens (including phenoxy) is 5. The van der Waals surface area contributed by atoms with Crippen LogP contribution in [0.2, 0.25) is 0 Å². The molecule has 5 N–H and O–H groups in total. The Labute approximate surface area is 160 Å². The van der Waals surface area contributed by atoms with E-state index < -0.39 is 79.2 Å². The summed E-state index contributed by atoms with van der Waals surface area (Å²) < 4.78 is 26.8. The number of methoxy groups -OCH3 is 1. The number of hydrogen-bond acceptors (Lipinski definition) is 11. The molecule has 0 aromatic heterocycles. The third kappa shape index (κ3) is 2.85. The summed E-state index contributed by atoms with van der Waals surface area (Å²) in [6, 6.07) is 0. The first-order chi connectivity index (χ1) is 13.2. The molecule has 28 heavy (non-hydrogen) atoms. The molecule has 11 atom stereocenters. The Morgan fingerprint density at radius 2 is 1.89 bits per heavy atom. The largest absolute Gasteiger partial charge is 0.471 e. The minimum atomic E-state index is -1.62. The Bertz CT molecular complexity index is 661. The van der Waals surface area contributed by atoms with E-state index in [1.807, 2.05) is 0 Å². The van der Waals surface area contributed by atoms with Crippen LogP contribution in [0.15, 0.2) is 11.8 Å². The van der Waals surface area contributed by atoms with Gasteiger partial charge in [0, 0.05) is 5.92 Å². The quantitative estimate of drug-likeness (QED) is 0.239. The molecule has 3 aliphatic heterocycles. The van der Waals surface area contributed by atoms with Crippen molar-refractivity contribution < 1.29 is 54.0 Å². The number of esters is 1. The minimum Gasteiger partial charge on any atom is -0.471 e. The maximum Gasteiger partial charge on any atom is 0.337 e. The molecular formula is C17H24O11. The molecule has 0 spiro atoms. The second-order valence-corrected chi connectivity index (χ2v) is 7.70. The normalized spacial score (nSPS) is 52.2. The van der Waals surface area contributed by atoms with E-state index in [0.29, 0.717) is 0 Å². The molecule has 0 aromatic rings. The summed E-state index contributed by atoms with van der Waals surface area (Å²) in [7, 11) is 1.23. The molecule has 158 valence electrons. The summed E-state index contributed by atoms with van der Waals surface area (Å²) in [5, 5.41) is 50.2. The van der Waals surface area contributed by atoms with Crippen LogP contribution in [0.4, 0.5) is 0 Å². The summed E-state index contributed by atoms with van der Waals surface area (Å²) in [6.07, 6.45) is -8.25. The predicted molar refractivity (Wildman–Crippen MR) is 86.1 cm³/mol. The summed E-state index contributed by atoms with van der Waals surface area (Å²) in [5.74, 6) is -1.92. The fourth-order valence-electron chi connectivity index (χ4n) is 4.47. The van der Waals surface area contributed by atoms with E-state index in [0.717, 1.165) is 0 Å². The van der Waals surface area contributed by atoms with Crippen molar-refractivity contribution in [3.05, 3.63) is 11.8 Å². The number of fused-ring (bicyclic) bond motifs is 3. The second-order valence-electron chi connectivity index (χ2n) is 7.70. The SMILES string of the molecule is COC(=O)C1=CO[C@@H](O[C@@H]2O[C@H](CO)[C@@H](O)[C@H](O)[C@H]2O)[C@H]2[C@@H]1[C@@H]1O[C@@H]1[C@]2(C)O. The lowest BCUT2D eigenvalue weighted by Gasteiger charge is -2.44. The lowest BCUT2D eigenvalue weighted by Crippen LogP contribution is -2.61. The first-order valence-electron chi connectivity index (χ1n) is 9.00. The predicted octanol–water partition coefficient (Wildman–Crippen LogP) is -3.02. The van der Waals surface area contributed by atoms with Crippen LogP contribution in [0.5, 0.6) is 0 Å². The average Bonchev–Trinajstić information content (AvgIpc) is 3.44. The van der Waals surface area contributed by atoms with Gasteiger partial charge in [0.1, 0.15) is 36.1 Å². The highest BCUT2D eigenvalue weighted by Crippen LogP contribution is 2.58. The molecule has 4 aliphatic rings. The summed E-state index contributed by atoms with van der Waals surface area (Å²) in [5.41, 5.74) is -1.20. The van der Waals surface area contributed by atoms with Gasteiger partial charge in [0.15, 0.2) is 6.29 Å². The van der Waals surface area contributed by atoms with Crippen LogP contribution in [0.25, 0.3) is 0 Å². The van der Waals surface area contributed by atoms with Crippen molar-refractivity contribution >= 4 is 5.97 Å². The summed E-state index contributed by atoms with van der Waals surface area (Å²) in [6.45, 7) is 0.931. The summed E-state index contributed by atoms with van der Waals surface area (Å²) in [4.78, 5) is 12.1. The van der Waals surface area contributed by atoms with Crippen molar-refractivity contribution in [2.45, 2.75) is 61.7 Å². The number of aliphatic hydroxyl groups is 5. The minimum absolute atomic E-state index is 0.200. The van der Waals surface area contributed by atoms with Crippen molar-refractivity contribution in [1.29, 1.82) is 0 Å². The molecule has 1 saturated carbocycles. The molecular weight excluding hydrogens is 380 g/mol. The highest BCUT2D eigenvalue weighted by atomic mass is 16.8. The zero-order valence-corrected chi connectivity index (χ0v) is 15.2. The van der Waals surface area contributed by atoms with Gasteiger partial charge in [-0.25, -0.2) is 4.79 Å². The molecule has 3 fully saturated rings. The molecule has 0 bridgehead atoms. The van der Waals surface area contributed by atoms with Gasteiger partial charge in [-0.1, -0.05) is 0 Å². The first-order valence-corrected chi connectivity index (χ1v) is 9.00. The van der Waals surface area contributed by atoms with E-state index >= 15 is 0 Å². The maximum absolute atomic E-state index is 12.1. The van der Waals surface area contributed by atoms with Crippen LogP contribution in [0, 0.1) is 11.8 Å². The van der Waals surface area contributed by atoms with Gasteiger partial charge in [0.05, 0.1) is 37.6 Å². The molecule has 1 aliphatic carbocycles. The number of aliphatic hydroxyl groups excluding tert-OH is 4. The number of carbonyl (C=O) groups excluding carboxylic acids is 1. The molecule has 11 nitrogen and oxygen atoms in total. The van der Waals surface area contributed by atoms with Crippen LogP contribution in [-0.4, -0.2) is 100 Å². The van der Waals surface area contributed by atoms with Gasteiger partial charge in [-0.2, -0.15) is 0 Å². The zero-order valence-electron chi connectivity index (χ0n) is 15.2. The number of rotatable bonds is 4. The smallest absolute Gasteiger partial charge is 0.337 e. The Kier molecular flexibility index (Phi) is 4.91. The second kappa shape index (κ2) is 6.89. The van der Waals surface area contributed by atoms with E-state index in [-0.39, 0.29) is 5.57 Å². The van der Waals surface area contributed by atoms with Crippen molar-refractivity contribution in [2.75, 3.05) is 13.7 Å². The van der Waals surface area contributed by atoms with Gasteiger partial charge in [-0.15, -0.1) is 0 Å². The maximum atomic E-state index is 12.1. The van der Waals surface area contributed by atoms with Gasteiger partial charge in [-0.3, -0.25) is 0 Å². The van der Waals surface area contributed by atoms with Gasteiger partial charge in [0.2, 0.25) is 6.29 Å². The Balaban J connectivity index is 1.58. The molecule has 4 rings (SSSR count). The molecule has 0 amide bonds. The van der Waals surface area contributed by atoms with Crippen molar-refractivity contribution in [3.63, 3.8) is 0 Å². The zero-order chi connectivity index (χ0) is 20.4. The van der Waals surface area contributed by atoms with E-state index in [1.165, 1.54) is 20.3 Å². The van der Waals surface area contributed by atoms with E-state index in [1.54, 1.807) is 0 Å². The molecule has 11 heteroatoms. The third-order valence-corrected chi connectivity index (χ3v) is 6.04. The highest BCUT2D eigenvalue weighted by Gasteiger charge is 2.73. The van der Waals surface area contributed by atoms with Crippen LogP contribution < -0.4 is 0 Å². The number of hydrogen-bond donors (Lipinski definition) is 5. The topological polar surface area (TPSA) is 168 Å². The number of epoxide rings is 1. The van der Waals surface area contributed by atoms with Gasteiger partial charge in [-0.05, 0) is 6.92 Å². The van der Waals surface area contributed by atoms with E-state index in [4.69, 9.17) is 23.7 Å². The third-order valence-electron chi connectivity index (χ3n) is 6.04. The first kappa shape index (κ1) is 20.0. The van der Waals surface area contributed by atoms with Crippen molar-refractivity contribution in [1.82, 2.24) is 0 Å². The van der Waals surface area contributed by atoms with Gasteiger partial charge in [0.25, 0.3) is 0 Å². The number of carbonyl (C=O) groups is 1. The summed E-state index contributed by atoms with van der Waals surface area (Å²) >= 11 is 0. The molecule has 0 aromatic carbocycles. The van der Waals surface area contributed by atoms with Crippen LogP contribution in [0.3, 0.4) is 0 Å². The monoisotopic (exact) mass is 404 g/mol. The van der Waals surface area contributed by atoms with Crippen molar-refractivity contribution in [3.8, 4) is 0 Å². The van der Waals surface area contributed by atoms with E-state index in [2.05, 4.69) is 0 Å². The van der Waals surface area contributed by atoms with E-state index in [9.17, 15) is 30.3 Å². The Hall–Kier alpha value is -1.31. The fraction of sp³-hybridized carbons (Fsp3) is 0.824. The van der Waals surface area contributed by atoms with Crippen molar-refractivity contribution in [2.24, 2.45) is 11.8 Å². The standard InChI is InChI=1S/C17H24O11/c1-17(23)8-7(12-13(17)27-12)5(14(22)24-2)4-25-15(8)28-16-11(21)10(20)9(19)6(3-18)26-16/h4,6-13,15-16,18-21,23H,3H2,1-2H3/t6-,7-,8-,9-,10+,11-,12+,13+,15+,16+,17-/m1/s1. The van der Waals surface area contributed by atoms with Gasteiger partial charge < -0.3 is 49.2 Å². The van der Waals surface area contributed by atoms with Crippen LogP contribution >= 0.6 is 0 Å². The molecule has 2 saturated heterocycles. The molecule has 0 unspecified atom stereocenters. The lowest BCUT2D eigenvalue weighted by molar-refractivity contribution is -0.348. The lowest BCUT2D eigenvalue weighted by atomic mass is 9.80. The van der Waals surface area contributed by atoms with Crippen LogP contribution in [0.1, 0.15) is 6.92 Å².